The molecule has 1 aromatic rings. The molecule has 0 saturated carbocycles. The van der Waals surface area contributed by atoms with Crippen molar-refractivity contribution in [1.82, 2.24) is 20.4 Å². The number of nitrogens with one attached hydrogen (secondary N) is 2. The fourth-order valence-electron chi connectivity index (χ4n) is 3.21. The van der Waals surface area contributed by atoms with Crippen molar-refractivity contribution in [1.29, 1.82) is 0 Å². The van der Waals surface area contributed by atoms with E-state index in [4.69, 9.17) is 4.42 Å². The number of nitrogens with zero attached hydrogens (tertiary/aromatic N) is 3. The highest BCUT2D eigenvalue weighted by Gasteiger charge is 2.26. The summed E-state index contributed by atoms with van der Waals surface area (Å²) >= 11 is 0. The summed E-state index contributed by atoms with van der Waals surface area (Å²) in [6, 6.07) is 3.67. The van der Waals surface area contributed by atoms with Gasteiger partial charge in [0, 0.05) is 26.2 Å². The summed E-state index contributed by atoms with van der Waals surface area (Å²) in [5.74, 6) is 2.07. The van der Waals surface area contributed by atoms with E-state index in [1.54, 1.807) is 6.92 Å². The monoisotopic (exact) mass is 379 g/mol. The van der Waals surface area contributed by atoms with Crippen molar-refractivity contribution >= 4 is 5.96 Å². The van der Waals surface area contributed by atoms with Crippen LogP contribution in [0.3, 0.4) is 0 Å². The smallest absolute Gasteiger partial charge is 0.191 e. The number of furan rings is 1. The van der Waals surface area contributed by atoms with Crippen molar-refractivity contribution < 1.29 is 9.52 Å². The topological polar surface area (TPSA) is 76.3 Å². The lowest BCUT2D eigenvalue weighted by molar-refractivity contribution is 0.0428. The number of aryl methyl sites for hydroxylation is 1. The first-order valence-corrected chi connectivity index (χ1v) is 10.1. The standard InChI is InChI=1S/C20H37N5O2/c1-5-21-19(23-16-20(3,26)18-9-8-17(2)27-18)22-10-6-12-25-13-7-11-24(4)14-15-25/h8-9,26H,5-7,10-16H2,1-4H3,(H2,21,22,23). The average Bonchev–Trinajstić information content (AvgIpc) is 2.97. The summed E-state index contributed by atoms with van der Waals surface area (Å²) in [4.78, 5) is 9.49. The number of aliphatic hydroxyl groups is 1. The summed E-state index contributed by atoms with van der Waals surface area (Å²) in [6.07, 6.45) is 2.32. The van der Waals surface area contributed by atoms with E-state index < -0.39 is 5.60 Å². The van der Waals surface area contributed by atoms with E-state index in [2.05, 4.69) is 32.5 Å². The maximum atomic E-state index is 10.6. The Hall–Kier alpha value is -1.57. The van der Waals surface area contributed by atoms with Gasteiger partial charge in [-0.15, -0.1) is 0 Å². The van der Waals surface area contributed by atoms with Crippen molar-refractivity contribution in [2.45, 2.75) is 39.2 Å². The Labute approximate surface area is 163 Å². The molecular formula is C20H37N5O2. The number of guanidine groups is 1. The van der Waals surface area contributed by atoms with Gasteiger partial charge in [-0.25, -0.2) is 4.99 Å². The lowest BCUT2D eigenvalue weighted by Gasteiger charge is -2.21. The van der Waals surface area contributed by atoms with Crippen LogP contribution in [0.25, 0.3) is 0 Å². The fraction of sp³-hybridized carbons (Fsp3) is 0.750. The number of likely N-dealkylation sites (N-methyl/N-ethyl adjacent to an activating group) is 1. The molecule has 1 saturated heterocycles. The molecule has 3 N–H and O–H groups in total. The van der Waals surface area contributed by atoms with Crippen LogP contribution in [0.15, 0.2) is 21.5 Å². The molecule has 27 heavy (non-hydrogen) atoms. The molecule has 0 bridgehead atoms. The number of hydrogen-bond acceptors (Lipinski definition) is 5. The molecule has 1 aromatic heterocycles. The second-order valence-corrected chi connectivity index (χ2v) is 7.66. The molecule has 2 rings (SSSR count). The number of hydrogen-bond donors (Lipinski definition) is 3. The van der Waals surface area contributed by atoms with E-state index in [0.29, 0.717) is 5.76 Å². The Kier molecular flexibility index (Phi) is 8.60. The van der Waals surface area contributed by atoms with Crippen molar-refractivity contribution in [3.05, 3.63) is 23.7 Å². The first-order chi connectivity index (χ1) is 12.9. The zero-order valence-electron chi connectivity index (χ0n) is 17.4. The summed E-state index contributed by atoms with van der Waals surface area (Å²) in [5, 5.41) is 17.3. The van der Waals surface area contributed by atoms with Gasteiger partial charge in [0.05, 0.1) is 6.54 Å². The summed E-state index contributed by atoms with van der Waals surface area (Å²) in [7, 11) is 2.20. The van der Waals surface area contributed by atoms with Crippen LogP contribution in [0.1, 0.15) is 38.2 Å². The quantitative estimate of drug-likeness (QED) is 0.360. The molecular weight excluding hydrogens is 342 g/mol. The third-order valence-corrected chi connectivity index (χ3v) is 4.92. The van der Waals surface area contributed by atoms with Crippen molar-refractivity contribution in [2.75, 3.05) is 59.4 Å². The van der Waals surface area contributed by atoms with E-state index in [0.717, 1.165) is 50.9 Å². The van der Waals surface area contributed by atoms with Gasteiger partial charge in [-0.1, -0.05) is 0 Å². The maximum absolute atomic E-state index is 10.6. The van der Waals surface area contributed by atoms with Gasteiger partial charge in [0.25, 0.3) is 0 Å². The van der Waals surface area contributed by atoms with E-state index in [1.807, 2.05) is 26.0 Å². The molecule has 0 aromatic carbocycles. The zero-order valence-corrected chi connectivity index (χ0v) is 17.4. The van der Waals surface area contributed by atoms with E-state index >= 15 is 0 Å². The Balaban J connectivity index is 1.77. The lowest BCUT2D eigenvalue weighted by Crippen LogP contribution is -2.40. The Bertz CT molecular complexity index is 585. The molecule has 1 fully saturated rings. The van der Waals surface area contributed by atoms with Gasteiger partial charge in [-0.05, 0) is 72.4 Å². The molecule has 0 radical (unpaired) electrons. The normalized spacial score (nSPS) is 19.5. The molecule has 1 atom stereocenters. The first-order valence-electron chi connectivity index (χ1n) is 10.1. The average molecular weight is 380 g/mol. The van der Waals surface area contributed by atoms with Crippen LogP contribution in [0, 0.1) is 6.92 Å². The second kappa shape index (κ2) is 10.7. The fourth-order valence-corrected chi connectivity index (χ4v) is 3.21. The van der Waals surface area contributed by atoms with E-state index in [-0.39, 0.29) is 6.54 Å². The van der Waals surface area contributed by atoms with E-state index in [1.165, 1.54) is 19.5 Å². The molecule has 0 aliphatic carbocycles. The molecule has 7 heteroatoms. The van der Waals surface area contributed by atoms with Crippen molar-refractivity contribution in [3.63, 3.8) is 0 Å². The van der Waals surface area contributed by atoms with Gasteiger partial charge >= 0.3 is 0 Å². The molecule has 0 amide bonds. The Morgan fingerprint density at radius 2 is 2.07 bits per heavy atom. The molecule has 7 nitrogen and oxygen atoms in total. The minimum absolute atomic E-state index is 0.244. The summed E-state index contributed by atoms with van der Waals surface area (Å²) in [6.45, 7) is 13.3. The summed E-state index contributed by atoms with van der Waals surface area (Å²) < 4.78 is 5.55. The van der Waals surface area contributed by atoms with Crippen LogP contribution < -0.4 is 10.6 Å². The molecule has 2 heterocycles. The minimum atomic E-state index is -1.12. The van der Waals surface area contributed by atoms with Gasteiger partial charge in [0.1, 0.15) is 17.1 Å². The molecule has 1 unspecified atom stereocenters. The van der Waals surface area contributed by atoms with Gasteiger partial charge in [-0.3, -0.25) is 0 Å². The van der Waals surface area contributed by atoms with E-state index in [9.17, 15) is 5.11 Å². The highest BCUT2D eigenvalue weighted by Crippen LogP contribution is 2.22. The van der Waals surface area contributed by atoms with Crippen LogP contribution in [-0.2, 0) is 5.60 Å². The van der Waals surface area contributed by atoms with Gasteiger partial charge in [-0.2, -0.15) is 0 Å². The van der Waals surface area contributed by atoms with Gasteiger partial charge < -0.3 is 30.0 Å². The van der Waals surface area contributed by atoms with Crippen LogP contribution in [0.2, 0.25) is 0 Å². The van der Waals surface area contributed by atoms with Crippen LogP contribution >= 0.6 is 0 Å². The predicted molar refractivity (Wildman–Crippen MR) is 110 cm³/mol. The van der Waals surface area contributed by atoms with Crippen LogP contribution in [0.4, 0.5) is 0 Å². The van der Waals surface area contributed by atoms with Gasteiger partial charge in [0.15, 0.2) is 5.96 Å². The zero-order chi connectivity index (χ0) is 19.7. The third kappa shape index (κ3) is 7.52. The van der Waals surface area contributed by atoms with Crippen LogP contribution in [-0.4, -0.2) is 80.3 Å². The molecule has 1 aliphatic rings. The predicted octanol–water partition coefficient (Wildman–Crippen LogP) is 1.38. The maximum Gasteiger partial charge on any atom is 0.191 e. The second-order valence-electron chi connectivity index (χ2n) is 7.66. The van der Waals surface area contributed by atoms with Crippen molar-refractivity contribution in [2.24, 2.45) is 4.99 Å². The molecule has 154 valence electrons. The number of aliphatic imine (C=N–C) groups is 1. The van der Waals surface area contributed by atoms with Crippen molar-refractivity contribution in [3.8, 4) is 0 Å². The Morgan fingerprint density at radius 1 is 1.26 bits per heavy atom. The lowest BCUT2D eigenvalue weighted by atomic mass is 10.0. The first kappa shape index (κ1) is 21.7. The SMILES string of the molecule is CCNC(=NCC(C)(O)c1ccc(C)o1)NCCCN1CCCN(C)CC1. The highest BCUT2D eigenvalue weighted by atomic mass is 16.4. The van der Waals surface area contributed by atoms with Crippen LogP contribution in [0.5, 0.6) is 0 Å². The third-order valence-electron chi connectivity index (χ3n) is 4.92. The highest BCUT2D eigenvalue weighted by molar-refractivity contribution is 5.79. The van der Waals surface area contributed by atoms with Gasteiger partial charge in [0.2, 0.25) is 0 Å². The minimum Gasteiger partial charge on any atom is -0.463 e. The molecule has 1 aliphatic heterocycles. The summed E-state index contributed by atoms with van der Waals surface area (Å²) in [5.41, 5.74) is -1.12. The molecule has 0 spiro atoms. The number of rotatable bonds is 8. The Morgan fingerprint density at radius 3 is 2.78 bits per heavy atom. The largest absolute Gasteiger partial charge is 0.463 e.